The molecule has 2 aliphatic heterocycles. The SMILES string of the molecule is O=C(CCC1CN(c2ccc(N3CCCS3(=O)=O)cc2)C(=O)O1)c1ccc(Cl)s1. The van der Waals surface area contributed by atoms with Crippen LogP contribution in [0.1, 0.15) is 28.9 Å². The highest BCUT2D eigenvalue weighted by molar-refractivity contribution is 7.93. The first-order chi connectivity index (χ1) is 13.8. The van der Waals surface area contributed by atoms with E-state index in [1.54, 1.807) is 36.4 Å². The maximum absolute atomic E-state index is 12.2. The number of thiophene rings is 1. The van der Waals surface area contributed by atoms with Crippen molar-refractivity contribution in [3.8, 4) is 0 Å². The number of sulfonamides is 1. The quantitative estimate of drug-likeness (QED) is 0.617. The standard InChI is InChI=1S/C19H19ClN2O5S2/c20-18-9-8-17(28-18)16(23)7-6-15-12-21(19(24)27-15)13-2-4-14(5-3-13)22-10-1-11-29(22,25)26/h2-5,8-9,15H,1,6-7,10-12H2. The van der Waals surface area contributed by atoms with Crippen LogP contribution in [0.15, 0.2) is 36.4 Å². The number of anilines is 2. The number of carbonyl (C=O) groups excluding carboxylic acids is 2. The molecule has 10 heteroatoms. The number of hydrogen-bond donors (Lipinski definition) is 0. The van der Waals surface area contributed by atoms with Gasteiger partial charge in [0.05, 0.1) is 27.2 Å². The summed E-state index contributed by atoms with van der Waals surface area (Å²) >= 11 is 7.10. The smallest absolute Gasteiger partial charge is 0.414 e. The van der Waals surface area contributed by atoms with Crippen molar-refractivity contribution in [3.63, 3.8) is 0 Å². The van der Waals surface area contributed by atoms with Crippen molar-refractivity contribution >= 4 is 56.2 Å². The second kappa shape index (κ2) is 7.97. The van der Waals surface area contributed by atoms with Crippen molar-refractivity contribution < 1.29 is 22.7 Å². The Bertz CT molecular complexity index is 1040. The summed E-state index contributed by atoms with van der Waals surface area (Å²) in [6.07, 6.45) is 0.471. The maximum Gasteiger partial charge on any atom is 0.414 e. The van der Waals surface area contributed by atoms with Crippen molar-refractivity contribution in [2.24, 2.45) is 0 Å². The highest BCUT2D eigenvalue weighted by Gasteiger charge is 2.33. The molecule has 2 aliphatic rings. The van der Waals surface area contributed by atoms with E-state index in [4.69, 9.17) is 16.3 Å². The molecule has 1 atom stereocenters. The minimum absolute atomic E-state index is 0.0208. The molecule has 0 aliphatic carbocycles. The van der Waals surface area contributed by atoms with Gasteiger partial charge in [-0.25, -0.2) is 13.2 Å². The third kappa shape index (κ3) is 4.26. The van der Waals surface area contributed by atoms with E-state index in [0.717, 1.165) is 0 Å². The van der Waals surface area contributed by atoms with Crippen molar-refractivity contribution in [2.45, 2.75) is 25.4 Å². The number of ether oxygens (including phenoxy) is 1. The zero-order valence-corrected chi connectivity index (χ0v) is 17.8. The molecule has 154 valence electrons. The van der Waals surface area contributed by atoms with Gasteiger partial charge in [-0.05, 0) is 49.2 Å². The lowest BCUT2D eigenvalue weighted by Gasteiger charge is -2.18. The molecule has 1 unspecified atom stereocenters. The van der Waals surface area contributed by atoms with Crippen LogP contribution in [-0.4, -0.2) is 45.2 Å². The monoisotopic (exact) mass is 454 g/mol. The third-order valence-corrected chi connectivity index (χ3v) is 8.11. The van der Waals surface area contributed by atoms with E-state index >= 15 is 0 Å². The normalized spacial score (nSPS) is 20.9. The first kappa shape index (κ1) is 20.2. The van der Waals surface area contributed by atoms with E-state index in [9.17, 15) is 18.0 Å². The van der Waals surface area contributed by atoms with Crippen LogP contribution in [0, 0.1) is 0 Å². The van der Waals surface area contributed by atoms with E-state index in [2.05, 4.69) is 0 Å². The van der Waals surface area contributed by atoms with Crippen LogP contribution >= 0.6 is 22.9 Å². The molecule has 0 saturated carbocycles. The highest BCUT2D eigenvalue weighted by atomic mass is 35.5. The lowest BCUT2D eigenvalue weighted by molar-refractivity contribution is 0.0943. The maximum atomic E-state index is 12.2. The molecule has 0 bridgehead atoms. The molecular weight excluding hydrogens is 436 g/mol. The molecular formula is C19H19ClN2O5S2. The summed E-state index contributed by atoms with van der Waals surface area (Å²) in [5.41, 5.74) is 1.23. The van der Waals surface area contributed by atoms with Gasteiger partial charge < -0.3 is 4.74 Å². The number of rotatable bonds is 6. The molecule has 2 saturated heterocycles. The van der Waals surface area contributed by atoms with Gasteiger partial charge in [0.2, 0.25) is 10.0 Å². The molecule has 2 aromatic rings. The molecule has 29 heavy (non-hydrogen) atoms. The van der Waals surface area contributed by atoms with Gasteiger partial charge >= 0.3 is 6.09 Å². The van der Waals surface area contributed by atoms with Gasteiger partial charge in [-0.1, -0.05) is 11.6 Å². The van der Waals surface area contributed by atoms with Gasteiger partial charge in [-0.3, -0.25) is 14.0 Å². The molecule has 7 nitrogen and oxygen atoms in total. The first-order valence-electron chi connectivity index (χ1n) is 9.21. The molecule has 0 radical (unpaired) electrons. The average molecular weight is 455 g/mol. The second-order valence-corrected chi connectivity index (χ2v) is 10.7. The van der Waals surface area contributed by atoms with E-state index in [1.165, 1.54) is 20.5 Å². The van der Waals surface area contributed by atoms with Gasteiger partial charge in [-0.2, -0.15) is 0 Å². The number of cyclic esters (lactones) is 1. The number of Topliss-reactive ketones (excluding diaryl/α,β-unsaturated/α-hetero) is 1. The van der Waals surface area contributed by atoms with Crippen LogP contribution in [0.5, 0.6) is 0 Å². The number of ketones is 1. The number of halogens is 1. The molecule has 1 aromatic carbocycles. The summed E-state index contributed by atoms with van der Waals surface area (Å²) in [7, 11) is -3.24. The van der Waals surface area contributed by atoms with Gasteiger partial charge in [0.15, 0.2) is 5.78 Å². The lowest BCUT2D eigenvalue weighted by Crippen LogP contribution is -2.26. The van der Waals surface area contributed by atoms with Gasteiger partial charge in [0.1, 0.15) is 6.10 Å². The number of amides is 1. The second-order valence-electron chi connectivity index (χ2n) is 6.94. The minimum Gasteiger partial charge on any atom is -0.444 e. The number of benzene rings is 1. The van der Waals surface area contributed by atoms with Crippen molar-refractivity contribution in [1.82, 2.24) is 0 Å². The third-order valence-electron chi connectivity index (χ3n) is 4.96. The number of nitrogens with zero attached hydrogens (tertiary/aromatic N) is 2. The summed E-state index contributed by atoms with van der Waals surface area (Å²) in [4.78, 5) is 26.6. The lowest BCUT2D eigenvalue weighted by atomic mass is 10.1. The van der Waals surface area contributed by atoms with Crippen LogP contribution in [0.4, 0.5) is 16.2 Å². The average Bonchev–Trinajstić information content (AvgIpc) is 3.38. The first-order valence-corrected chi connectivity index (χ1v) is 12.0. The minimum atomic E-state index is -3.24. The molecule has 3 heterocycles. The fraction of sp³-hybridized carbons (Fsp3) is 0.368. The molecule has 1 amide bonds. The summed E-state index contributed by atoms with van der Waals surface area (Å²) < 4.78 is 31.4. The van der Waals surface area contributed by atoms with Gasteiger partial charge in [0.25, 0.3) is 0 Å². The van der Waals surface area contributed by atoms with Crippen molar-refractivity contribution in [1.29, 1.82) is 0 Å². The van der Waals surface area contributed by atoms with E-state index in [0.29, 0.717) is 46.5 Å². The Balaban J connectivity index is 1.37. The largest absolute Gasteiger partial charge is 0.444 e. The summed E-state index contributed by atoms with van der Waals surface area (Å²) in [5, 5.41) is 0. The molecule has 2 fully saturated rings. The summed E-state index contributed by atoms with van der Waals surface area (Å²) in [6.45, 7) is 0.817. The zero-order chi connectivity index (χ0) is 20.6. The topological polar surface area (TPSA) is 84.0 Å². The van der Waals surface area contributed by atoms with Crippen molar-refractivity contribution in [3.05, 3.63) is 45.6 Å². The van der Waals surface area contributed by atoms with Gasteiger partial charge in [0, 0.05) is 18.7 Å². The Morgan fingerprint density at radius 1 is 1.17 bits per heavy atom. The zero-order valence-electron chi connectivity index (χ0n) is 15.4. The fourth-order valence-corrected chi connectivity index (χ4v) is 6.07. The number of carbonyl (C=O) groups is 2. The van der Waals surface area contributed by atoms with Crippen LogP contribution < -0.4 is 9.21 Å². The summed E-state index contributed by atoms with van der Waals surface area (Å²) in [6, 6.07) is 10.2. The highest BCUT2D eigenvalue weighted by Crippen LogP contribution is 2.29. The fourth-order valence-electron chi connectivity index (χ4n) is 3.49. The van der Waals surface area contributed by atoms with Crippen molar-refractivity contribution in [2.75, 3.05) is 28.0 Å². The predicted octanol–water partition coefficient (Wildman–Crippen LogP) is 3.93. The Morgan fingerprint density at radius 3 is 2.52 bits per heavy atom. The Labute approximate surface area is 177 Å². The summed E-state index contributed by atoms with van der Waals surface area (Å²) in [5.74, 6) is 0.137. The van der Waals surface area contributed by atoms with E-state index in [-0.39, 0.29) is 24.1 Å². The Kier molecular flexibility index (Phi) is 5.54. The van der Waals surface area contributed by atoms with Crippen LogP contribution in [-0.2, 0) is 14.8 Å². The molecule has 1 aromatic heterocycles. The molecule has 0 spiro atoms. The predicted molar refractivity (Wildman–Crippen MR) is 113 cm³/mol. The Morgan fingerprint density at radius 2 is 1.90 bits per heavy atom. The van der Waals surface area contributed by atoms with Crippen LogP contribution in [0.3, 0.4) is 0 Å². The molecule has 0 N–H and O–H groups in total. The van der Waals surface area contributed by atoms with Crippen LogP contribution in [0.25, 0.3) is 0 Å². The van der Waals surface area contributed by atoms with E-state index < -0.39 is 16.1 Å². The number of hydrogen-bond acceptors (Lipinski definition) is 6. The molecule has 4 rings (SSSR count). The van der Waals surface area contributed by atoms with Crippen LogP contribution in [0.2, 0.25) is 4.34 Å². The Hall–Kier alpha value is -2.10. The van der Waals surface area contributed by atoms with Gasteiger partial charge in [-0.15, -0.1) is 11.3 Å². The van der Waals surface area contributed by atoms with E-state index in [1.807, 2.05) is 0 Å².